The van der Waals surface area contributed by atoms with Crippen LogP contribution in [0.5, 0.6) is 0 Å². The van der Waals surface area contributed by atoms with Gasteiger partial charge in [0.05, 0.1) is 6.61 Å². The first-order valence-electron chi connectivity index (χ1n) is 3.02. The fourth-order valence-electron chi connectivity index (χ4n) is 0.491. The summed E-state index contributed by atoms with van der Waals surface area (Å²) < 4.78 is 0. The largest absolute Gasteiger partial charge is 0.394 e. The second-order valence-corrected chi connectivity index (χ2v) is 1.77. The second kappa shape index (κ2) is 5.75. The van der Waals surface area contributed by atoms with E-state index in [4.69, 9.17) is 10.8 Å². The molecule has 0 aromatic heterocycles. The minimum Gasteiger partial charge on any atom is -0.394 e. The lowest BCUT2D eigenvalue weighted by Crippen LogP contribution is -2.34. The first kappa shape index (κ1) is 8.62. The summed E-state index contributed by atoms with van der Waals surface area (Å²) >= 11 is 0. The molecule has 0 aliphatic rings. The summed E-state index contributed by atoms with van der Waals surface area (Å²) in [5.74, 6) is 0. The average Bonchev–Trinajstić information content (AvgIpc) is 1.91. The van der Waals surface area contributed by atoms with Crippen LogP contribution in [0.1, 0.15) is 0 Å². The monoisotopic (exact) mass is 130 g/mol. The van der Waals surface area contributed by atoms with E-state index in [1.807, 2.05) is 0 Å². The lowest BCUT2D eigenvalue weighted by atomic mass is 10.3. The summed E-state index contributed by atoms with van der Waals surface area (Å²) in [6.07, 6.45) is 1.66. The summed E-state index contributed by atoms with van der Waals surface area (Å²) in [5.41, 5.74) is 5.21. The van der Waals surface area contributed by atoms with Gasteiger partial charge in [-0.3, -0.25) is 0 Å². The molecule has 0 bridgehead atoms. The molecule has 0 saturated heterocycles. The molecular formula is C6H14N2O. The molecule has 0 amide bonds. The Morgan fingerprint density at radius 3 is 2.78 bits per heavy atom. The number of nitrogens with two attached hydrogens (primary N) is 1. The molecule has 54 valence electrons. The van der Waals surface area contributed by atoms with Crippen LogP contribution in [0.4, 0.5) is 0 Å². The van der Waals surface area contributed by atoms with Crippen molar-refractivity contribution >= 4 is 0 Å². The Kier molecular flexibility index (Phi) is 5.51. The van der Waals surface area contributed by atoms with E-state index in [0.717, 1.165) is 6.54 Å². The zero-order chi connectivity index (χ0) is 7.11. The van der Waals surface area contributed by atoms with Crippen molar-refractivity contribution in [3.05, 3.63) is 12.7 Å². The summed E-state index contributed by atoms with van der Waals surface area (Å²) in [6.45, 7) is 4.92. The molecule has 4 N–H and O–H groups in total. The fourth-order valence-corrected chi connectivity index (χ4v) is 0.491. The van der Waals surface area contributed by atoms with Gasteiger partial charge in [0.1, 0.15) is 0 Å². The van der Waals surface area contributed by atoms with Crippen molar-refractivity contribution in [1.82, 2.24) is 5.32 Å². The standard InChI is InChI=1S/C6H14N2O/c1-2-6(5-9)8-4-3-7/h2,6,8-9H,1,3-5,7H2. The van der Waals surface area contributed by atoms with Gasteiger partial charge in [-0.05, 0) is 0 Å². The Hall–Kier alpha value is -0.380. The highest BCUT2D eigenvalue weighted by molar-refractivity contribution is 4.84. The molecule has 0 aromatic rings. The highest BCUT2D eigenvalue weighted by atomic mass is 16.3. The highest BCUT2D eigenvalue weighted by Gasteiger charge is 1.96. The molecule has 3 nitrogen and oxygen atoms in total. The normalized spacial score (nSPS) is 13.1. The van der Waals surface area contributed by atoms with Crippen molar-refractivity contribution < 1.29 is 5.11 Å². The summed E-state index contributed by atoms with van der Waals surface area (Å²) in [4.78, 5) is 0. The van der Waals surface area contributed by atoms with Crippen molar-refractivity contribution in [3.8, 4) is 0 Å². The molecular weight excluding hydrogens is 116 g/mol. The van der Waals surface area contributed by atoms with Gasteiger partial charge in [0.25, 0.3) is 0 Å². The lowest BCUT2D eigenvalue weighted by molar-refractivity contribution is 0.265. The third-order valence-electron chi connectivity index (χ3n) is 1.03. The van der Waals surface area contributed by atoms with Gasteiger partial charge >= 0.3 is 0 Å². The Labute approximate surface area is 55.6 Å². The van der Waals surface area contributed by atoms with Crippen molar-refractivity contribution in [3.63, 3.8) is 0 Å². The maximum atomic E-state index is 8.58. The summed E-state index contributed by atoms with van der Waals surface area (Å²) in [5, 5.41) is 11.6. The SMILES string of the molecule is C=CC(CO)NCCN. The van der Waals surface area contributed by atoms with E-state index >= 15 is 0 Å². The van der Waals surface area contributed by atoms with Crippen molar-refractivity contribution in [2.45, 2.75) is 6.04 Å². The zero-order valence-electron chi connectivity index (χ0n) is 5.51. The van der Waals surface area contributed by atoms with Gasteiger partial charge < -0.3 is 16.2 Å². The number of nitrogens with one attached hydrogen (secondary N) is 1. The molecule has 3 heteroatoms. The van der Waals surface area contributed by atoms with Crippen LogP contribution in [-0.2, 0) is 0 Å². The van der Waals surface area contributed by atoms with E-state index in [9.17, 15) is 0 Å². The molecule has 0 fully saturated rings. The van der Waals surface area contributed by atoms with E-state index in [-0.39, 0.29) is 12.6 Å². The van der Waals surface area contributed by atoms with E-state index in [2.05, 4.69) is 11.9 Å². The van der Waals surface area contributed by atoms with Crippen LogP contribution in [0, 0.1) is 0 Å². The molecule has 0 aliphatic heterocycles. The molecule has 9 heavy (non-hydrogen) atoms. The maximum Gasteiger partial charge on any atom is 0.0620 e. The first-order valence-corrected chi connectivity index (χ1v) is 3.02. The maximum absolute atomic E-state index is 8.58. The second-order valence-electron chi connectivity index (χ2n) is 1.77. The molecule has 1 atom stereocenters. The van der Waals surface area contributed by atoms with Gasteiger partial charge in [0.15, 0.2) is 0 Å². The Morgan fingerprint density at radius 2 is 2.44 bits per heavy atom. The molecule has 0 saturated carbocycles. The van der Waals surface area contributed by atoms with Gasteiger partial charge in [0, 0.05) is 19.1 Å². The predicted octanol–water partition coefficient (Wildman–Crippen LogP) is -0.918. The fraction of sp³-hybridized carbons (Fsp3) is 0.667. The molecule has 0 spiro atoms. The van der Waals surface area contributed by atoms with Crippen molar-refractivity contribution in [1.29, 1.82) is 0 Å². The molecule has 0 aliphatic carbocycles. The number of hydrogen-bond donors (Lipinski definition) is 3. The van der Waals surface area contributed by atoms with E-state index in [0.29, 0.717) is 6.54 Å². The lowest BCUT2D eigenvalue weighted by Gasteiger charge is -2.08. The topological polar surface area (TPSA) is 58.3 Å². The van der Waals surface area contributed by atoms with Gasteiger partial charge in [-0.2, -0.15) is 0 Å². The van der Waals surface area contributed by atoms with E-state index < -0.39 is 0 Å². The van der Waals surface area contributed by atoms with Crippen LogP contribution in [0.25, 0.3) is 0 Å². The average molecular weight is 130 g/mol. The molecule has 0 radical (unpaired) electrons. The number of aliphatic hydroxyl groups is 1. The quantitative estimate of drug-likeness (QED) is 0.422. The van der Waals surface area contributed by atoms with Crippen LogP contribution >= 0.6 is 0 Å². The van der Waals surface area contributed by atoms with Crippen LogP contribution in [-0.4, -0.2) is 30.8 Å². The molecule has 0 heterocycles. The van der Waals surface area contributed by atoms with E-state index in [1.54, 1.807) is 6.08 Å². The highest BCUT2D eigenvalue weighted by Crippen LogP contribution is 1.79. The Balaban J connectivity index is 3.20. The number of rotatable bonds is 5. The van der Waals surface area contributed by atoms with Gasteiger partial charge in [-0.1, -0.05) is 6.08 Å². The smallest absolute Gasteiger partial charge is 0.0620 e. The van der Waals surface area contributed by atoms with Crippen LogP contribution in [0.2, 0.25) is 0 Å². The van der Waals surface area contributed by atoms with Gasteiger partial charge in [-0.15, -0.1) is 6.58 Å². The minimum absolute atomic E-state index is 0.00597. The number of hydrogen-bond acceptors (Lipinski definition) is 3. The van der Waals surface area contributed by atoms with Crippen LogP contribution in [0.3, 0.4) is 0 Å². The zero-order valence-corrected chi connectivity index (χ0v) is 5.51. The Bertz CT molecular complexity index is 75.5. The van der Waals surface area contributed by atoms with Crippen LogP contribution in [0.15, 0.2) is 12.7 Å². The Morgan fingerprint density at radius 1 is 1.78 bits per heavy atom. The third kappa shape index (κ3) is 4.14. The van der Waals surface area contributed by atoms with Crippen molar-refractivity contribution in [2.24, 2.45) is 5.73 Å². The summed E-state index contributed by atoms with van der Waals surface area (Å²) in [6, 6.07) is -0.00597. The van der Waals surface area contributed by atoms with Crippen LogP contribution < -0.4 is 11.1 Å². The summed E-state index contributed by atoms with van der Waals surface area (Å²) in [7, 11) is 0. The van der Waals surface area contributed by atoms with Crippen molar-refractivity contribution in [2.75, 3.05) is 19.7 Å². The predicted molar refractivity (Wildman–Crippen MR) is 38.1 cm³/mol. The first-order chi connectivity index (χ1) is 4.35. The number of aliphatic hydroxyl groups excluding tert-OH is 1. The van der Waals surface area contributed by atoms with Gasteiger partial charge in [-0.25, -0.2) is 0 Å². The molecule has 0 rings (SSSR count). The van der Waals surface area contributed by atoms with E-state index in [1.165, 1.54) is 0 Å². The third-order valence-corrected chi connectivity index (χ3v) is 1.03. The molecule has 0 aromatic carbocycles. The minimum atomic E-state index is -0.00597. The van der Waals surface area contributed by atoms with Gasteiger partial charge in [0.2, 0.25) is 0 Å². The molecule has 1 unspecified atom stereocenters.